The molecule has 17 heavy (non-hydrogen) atoms. The predicted octanol–water partition coefficient (Wildman–Crippen LogP) is 2.91. The van der Waals surface area contributed by atoms with E-state index in [1.165, 1.54) is 0 Å². The van der Waals surface area contributed by atoms with Crippen molar-refractivity contribution >= 4 is 5.97 Å². The Morgan fingerprint density at radius 2 is 2.00 bits per heavy atom. The van der Waals surface area contributed by atoms with E-state index in [0.29, 0.717) is 12.5 Å². The second kappa shape index (κ2) is 6.39. The molecule has 3 heteroatoms. The van der Waals surface area contributed by atoms with Gasteiger partial charge in [0.2, 0.25) is 0 Å². The van der Waals surface area contributed by atoms with Crippen LogP contribution in [0.2, 0.25) is 0 Å². The molecule has 0 saturated heterocycles. The van der Waals surface area contributed by atoms with E-state index in [0.717, 1.165) is 38.5 Å². The van der Waals surface area contributed by atoms with Gasteiger partial charge in [-0.1, -0.05) is 20.3 Å². The molecule has 3 nitrogen and oxygen atoms in total. The Morgan fingerprint density at radius 1 is 1.41 bits per heavy atom. The van der Waals surface area contributed by atoms with E-state index >= 15 is 0 Å². The van der Waals surface area contributed by atoms with Crippen LogP contribution in [-0.2, 0) is 9.53 Å². The lowest BCUT2D eigenvalue weighted by atomic mass is 9.71. The van der Waals surface area contributed by atoms with E-state index in [-0.39, 0.29) is 11.9 Å². The molecule has 1 saturated carbocycles. The molecule has 1 fully saturated rings. The SMILES string of the molecule is CCCC(C(=O)OCC)C1(O)CCC(C)CC1. The van der Waals surface area contributed by atoms with Gasteiger partial charge in [0.25, 0.3) is 0 Å². The van der Waals surface area contributed by atoms with Gasteiger partial charge in [0.15, 0.2) is 0 Å². The highest BCUT2D eigenvalue weighted by atomic mass is 16.5. The van der Waals surface area contributed by atoms with Crippen molar-refractivity contribution < 1.29 is 14.6 Å². The zero-order valence-corrected chi connectivity index (χ0v) is 11.4. The highest BCUT2D eigenvalue weighted by Gasteiger charge is 2.43. The Morgan fingerprint density at radius 3 is 2.47 bits per heavy atom. The minimum Gasteiger partial charge on any atom is -0.466 e. The average Bonchev–Trinajstić information content (AvgIpc) is 2.30. The van der Waals surface area contributed by atoms with Gasteiger partial charge in [0.1, 0.15) is 0 Å². The minimum absolute atomic E-state index is 0.216. The number of aliphatic hydroxyl groups is 1. The van der Waals surface area contributed by atoms with Crippen molar-refractivity contribution in [2.24, 2.45) is 11.8 Å². The molecule has 0 bridgehead atoms. The molecule has 1 unspecified atom stereocenters. The molecule has 1 N–H and O–H groups in total. The number of carbonyl (C=O) groups excluding carboxylic acids is 1. The summed E-state index contributed by atoms with van der Waals surface area (Å²) in [4.78, 5) is 11.9. The van der Waals surface area contributed by atoms with Crippen molar-refractivity contribution in [2.75, 3.05) is 6.61 Å². The molecule has 1 aliphatic carbocycles. The van der Waals surface area contributed by atoms with Gasteiger partial charge in [-0.2, -0.15) is 0 Å². The van der Waals surface area contributed by atoms with Crippen LogP contribution in [0.4, 0.5) is 0 Å². The molecule has 0 aromatic carbocycles. The summed E-state index contributed by atoms with van der Waals surface area (Å²) in [5, 5.41) is 10.7. The lowest BCUT2D eigenvalue weighted by Crippen LogP contribution is -2.45. The van der Waals surface area contributed by atoms with Crippen LogP contribution in [-0.4, -0.2) is 23.3 Å². The summed E-state index contributed by atoms with van der Waals surface area (Å²) in [5.74, 6) is 0.117. The molecule has 0 spiro atoms. The smallest absolute Gasteiger partial charge is 0.311 e. The van der Waals surface area contributed by atoms with Crippen molar-refractivity contribution in [2.45, 2.75) is 64.9 Å². The maximum absolute atomic E-state index is 11.9. The van der Waals surface area contributed by atoms with Gasteiger partial charge in [-0.25, -0.2) is 0 Å². The zero-order chi connectivity index (χ0) is 12.9. The van der Waals surface area contributed by atoms with Crippen molar-refractivity contribution in [3.05, 3.63) is 0 Å². The van der Waals surface area contributed by atoms with Gasteiger partial charge < -0.3 is 9.84 Å². The standard InChI is InChI=1S/C14H26O3/c1-4-6-12(13(15)17-5-2)14(16)9-7-11(3)8-10-14/h11-12,16H,4-10H2,1-3H3. The van der Waals surface area contributed by atoms with Gasteiger partial charge >= 0.3 is 5.97 Å². The largest absolute Gasteiger partial charge is 0.466 e. The van der Waals surface area contributed by atoms with Crippen LogP contribution >= 0.6 is 0 Å². The molecule has 100 valence electrons. The summed E-state index contributed by atoms with van der Waals surface area (Å²) >= 11 is 0. The molecule has 1 aliphatic rings. The van der Waals surface area contributed by atoms with E-state index in [1.807, 2.05) is 13.8 Å². The van der Waals surface area contributed by atoms with Gasteiger partial charge in [-0.3, -0.25) is 4.79 Å². The van der Waals surface area contributed by atoms with Gasteiger partial charge in [-0.05, 0) is 44.9 Å². The molecular weight excluding hydrogens is 216 g/mol. The molecule has 0 radical (unpaired) electrons. The topological polar surface area (TPSA) is 46.5 Å². The predicted molar refractivity (Wildman–Crippen MR) is 67.6 cm³/mol. The average molecular weight is 242 g/mol. The molecule has 0 heterocycles. The Bertz CT molecular complexity index is 242. The van der Waals surface area contributed by atoms with E-state index in [4.69, 9.17) is 4.74 Å². The number of rotatable bonds is 5. The summed E-state index contributed by atoms with van der Waals surface area (Å²) in [6.07, 6.45) is 5.12. The zero-order valence-electron chi connectivity index (χ0n) is 11.4. The van der Waals surface area contributed by atoms with E-state index in [2.05, 4.69) is 6.92 Å². The maximum Gasteiger partial charge on any atom is 0.311 e. The third kappa shape index (κ3) is 3.70. The van der Waals surface area contributed by atoms with Crippen molar-refractivity contribution in [3.8, 4) is 0 Å². The number of ether oxygens (including phenoxy) is 1. The first-order chi connectivity index (χ1) is 8.03. The molecular formula is C14H26O3. The third-order valence-electron chi connectivity index (χ3n) is 3.94. The second-order valence-electron chi connectivity index (χ2n) is 5.38. The minimum atomic E-state index is -0.825. The number of carbonyl (C=O) groups is 1. The second-order valence-corrected chi connectivity index (χ2v) is 5.38. The van der Waals surface area contributed by atoms with Crippen LogP contribution in [0.15, 0.2) is 0 Å². The Balaban J connectivity index is 2.71. The van der Waals surface area contributed by atoms with E-state index in [1.54, 1.807) is 0 Å². The van der Waals surface area contributed by atoms with Crippen molar-refractivity contribution in [1.82, 2.24) is 0 Å². The molecule has 0 aromatic rings. The summed E-state index contributed by atoms with van der Waals surface area (Å²) in [5.41, 5.74) is -0.825. The van der Waals surface area contributed by atoms with Crippen LogP contribution in [0, 0.1) is 11.8 Å². The fourth-order valence-corrected chi connectivity index (χ4v) is 2.75. The lowest BCUT2D eigenvalue weighted by molar-refractivity contribution is -0.162. The van der Waals surface area contributed by atoms with Crippen molar-refractivity contribution in [1.29, 1.82) is 0 Å². The molecule has 1 atom stereocenters. The van der Waals surface area contributed by atoms with Crippen LogP contribution in [0.5, 0.6) is 0 Å². The van der Waals surface area contributed by atoms with Crippen molar-refractivity contribution in [3.63, 3.8) is 0 Å². The lowest BCUT2D eigenvalue weighted by Gasteiger charge is -2.39. The quantitative estimate of drug-likeness (QED) is 0.754. The summed E-state index contributed by atoms with van der Waals surface area (Å²) < 4.78 is 5.10. The summed E-state index contributed by atoms with van der Waals surface area (Å²) in [6.45, 7) is 6.46. The number of hydrogen-bond donors (Lipinski definition) is 1. The van der Waals surface area contributed by atoms with Gasteiger partial charge in [-0.15, -0.1) is 0 Å². The first kappa shape index (κ1) is 14.5. The van der Waals surface area contributed by atoms with E-state index in [9.17, 15) is 9.90 Å². The first-order valence-electron chi connectivity index (χ1n) is 6.92. The van der Waals surface area contributed by atoms with Crippen LogP contribution < -0.4 is 0 Å². The van der Waals surface area contributed by atoms with Gasteiger partial charge in [0.05, 0.1) is 18.1 Å². The highest BCUT2D eigenvalue weighted by Crippen LogP contribution is 2.39. The fraction of sp³-hybridized carbons (Fsp3) is 0.929. The molecule has 0 aliphatic heterocycles. The fourth-order valence-electron chi connectivity index (χ4n) is 2.75. The van der Waals surface area contributed by atoms with E-state index < -0.39 is 5.60 Å². The highest BCUT2D eigenvalue weighted by molar-refractivity contribution is 5.73. The van der Waals surface area contributed by atoms with Crippen LogP contribution in [0.3, 0.4) is 0 Å². The third-order valence-corrected chi connectivity index (χ3v) is 3.94. The normalized spacial score (nSPS) is 30.9. The van der Waals surface area contributed by atoms with Gasteiger partial charge in [0, 0.05) is 0 Å². The Kier molecular flexibility index (Phi) is 5.44. The number of hydrogen-bond acceptors (Lipinski definition) is 3. The maximum atomic E-state index is 11.9. The Hall–Kier alpha value is -0.570. The molecule has 1 rings (SSSR count). The molecule has 0 aromatic heterocycles. The Labute approximate surface area is 105 Å². The van der Waals surface area contributed by atoms with Crippen LogP contribution in [0.1, 0.15) is 59.3 Å². The summed E-state index contributed by atoms with van der Waals surface area (Å²) in [7, 11) is 0. The number of esters is 1. The first-order valence-corrected chi connectivity index (χ1v) is 6.92. The molecule has 0 amide bonds. The summed E-state index contributed by atoms with van der Waals surface area (Å²) in [6, 6.07) is 0. The monoisotopic (exact) mass is 242 g/mol. The van der Waals surface area contributed by atoms with Crippen LogP contribution in [0.25, 0.3) is 0 Å².